The van der Waals surface area contributed by atoms with Crippen LogP contribution in [0.3, 0.4) is 0 Å². The van der Waals surface area contributed by atoms with E-state index in [-0.39, 0.29) is 26.0 Å². The Bertz CT molecular complexity index is 3020. The van der Waals surface area contributed by atoms with Crippen LogP contribution in [0.5, 0.6) is 46.0 Å². The van der Waals surface area contributed by atoms with Crippen molar-refractivity contribution in [3.63, 3.8) is 0 Å². The summed E-state index contributed by atoms with van der Waals surface area (Å²) in [6, 6.07) is 47.6. The average molecular weight is 843 g/mol. The first kappa shape index (κ1) is 37.7. The minimum atomic E-state index is -4.09. The molecule has 0 aromatic heterocycles. The highest BCUT2D eigenvalue weighted by Gasteiger charge is 2.32. The molecule has 4 aliphatic rings. The summed E-state index contributed by atoms with van der Waals surface area (Å²) in [5, 5.41) is 0. The van der Waals surface area contributed by atoms with E-state index in [2.05, 4.69) is 0 Å². The largest absolute Gasteiger partial charge is 0.456 e. The molecular weight excluding hydrogens is 809 g/mol. The molecule has 10 nitrogen and oxygen atoms in total. The molecule has 0 fully saturated rings. The Balaban J connectivity index is 1.02. The molecule has 300 valence electrons. The number of sulfone groups is 2. The molecule has 0 spiro atoms. The number of hydrogen-bond acceptors (Lipinski definition) is 10. The van der Waals surface area contributed by atoms with Crippen molar-refractivity contribution in [2.75, 3.05) is 11.5 Å². The van der Waals surface area contributed by atoms with Gasteiger partial charge in [-0.2, -0.15) is 0 Å². The SMILES string of the molecule is Nc1ccccc1Oc1ccc(S(=O)(=O)c2ccc(Cc3ccc(S(=O)(=O)c4ccc(Oc5ccccc5N)cc4)c4c3Oc3ccc-4cc3)c3c2-c2ccc(cc2)O3)cc1. The molecule has 4 aliphatic heterocycles. The van der Waals surface area contributed by atoms with Gasteiger partial charge in [0.25, 0.3) is 0 Å². The van der Waals surface area contributed by atoms with Crippen molar-refractivity contribution in [3.8, 4) is 68.2 Å². The van der Waals surface area contributed by atoms with E-state index < -0.39 is 19.7 Å². The zero-order valence-corrected chi connectivity index (χ0v) is 33.7. The average Bonchev–Trinajstić information content (AvgIpc) is 3.74. The van der Waals surface area contributed by atoms with Crippen molar-refractivity contribution in [2.24, 2.45) is 0 Å². The summed E-state index contributed by atoms with van der Waals surface area (Å²) in [4.78, 5) is 0.271. The van der Waals surface area contributed by atoms with E-state index in [1.54, 1.807) is 121 Å². The zero-order valence-electron chi connectivity index (χ0n) is 32.1. The number of para-hydroxylation sites is 4. The van der Waals surface area contributed by atoms with Gasteiger partial charge in [-0.15, -0.1) is 0 Å². The maximum absolute atomic E-state index is 14.5. The van der Waals surface area contributed by atoms with Crippen molar-refractivity contribution in [2.45, 2.75) is 26.0 Å². The van der Waals surface area contributed by atoms with Gasteiger partial charge in [0, 0.05) is 28.7 Å². The Morgan fingerprint density at radius 3 is 1.18 bits per heavy atom. The molecule has 0 saturated heterocycles. The Kier molecular flexibility index (Phi) is 9.04. The Hall–Kier alpha value is -7.54. The molecule has 4 heterocycles. The summed E-state index contributed by atoms with van der Waals surface area (Å²) in [7, 11) is -8.18. The molecule has 0 amide bonds. The molecule has 0 atom stereocenters. The molecule has 0 saturated carbocycles. The van der Waals surface area contributed by atoms with Gasteiger partial charge in [0.15, 0.2) is 0 Å². The second-order valence-corrected chi connectivity index (χ2v) is 18.3. The van der Waals surface area contributed by atoms with E-state index >= 15 is 0 Å². The normalized spacial score (nSPS) is 12.3. The van der Waals surface area contributed by atoms with Gasteiger partial charge in [-0.25, -0.2) is 16.8 Å². The van der Waals surface area contributed by atoms with Crippen LogP contribution in [0.15, 0.2) is 189 Å². The standard InChI is InChI=1S/C49H34N2O8S2/c50-40-5-1-3-7-42(40)56-34-19-23-38(24-20-34)60(52,53)44-27-13-32(48-46(44)30-9-15-36(58-48)16-10-30)29-33-14-28-45(47-31-11-17-37(18-12-31)59-49(33)47)61(54,55)39-25-21-35(22-26-39)57-43-8-4-2-6-41(43)51/h1-28H,29,50-51H2. The van der Waals surface area contributed by atoms with Gasteiger partial charge < -0.3 is 30.4 Å². The van der Waals surface area contributed by atoms with Crippen LogP contribution in [-0.2, 0) is 26.1 Å². The highest BCUT2D eigenvalue weighted by Crippen LogP contribution is 2.50. The van der Waals surface area contributed by atoms with E-state index in [0.717, 1.165) is 0 Å². The Labute approximate surface area is 352 Å². The van der Waals surface area contributed by atoms with E-state index in [1.807, 2.05) is 24.3 Å². The monoisotopic (exact) mass is 842 g/mol. The number of rotatable bonds is 10. The number of nitrogen functional groups attached to an aromatic ring is 2. The first-order valence-corrected chi connectivity index (χ1v) is 22.1. The Morgan fingerprint density at radius 2 is 0.803 bits per heavy atom. The van der Waals surface area contributed by atoms with Crippen molar-refractivity contribution in [1.29, 1.82) is 0 Å². The lowest BCUT2D eigenvalue weighted by atomic mass is 9.95. The first-order chi connectivity index (χ1) is 29.5. The van der Waals surface area contributed by atoms with Gasteiger partial charge in [0.2, 0.25) is 19.7 Å². The van der Waals surface area contributed by atoms with E-state index in [9.17, 15) is 16.8 Å². The summed E-state index contributed by atoms with van der Waals surface area (Å²) in [5.41, 5.74) is 16.5. The van der Waals surface area contributed by atoms with Crippen molar-refractivity contribution >= 4 is 31.0 Å². The number of nitrogens with two attached hydrogens (primary N) is 2. The maximum atomic E-state index is 14.5. The number of fused-ring (bicyclic) bond motifs is 4. The molecule has 12 heteroatoms. The summed E-state index contributed by atoms with van der Waals surface area (Å²) in [5.74, 6) is 3.60. The molecule has 8 aromatic rings. The molecular formula is C49H34N2O8S2. The summed E-state index contributed by atoms with van der Waals surface area (Å²) < 4.78 is 82.6. The third kappa shape index (κ3) is 6.77. The van der Waals surface area contributed by atoms with Gasteiger partial charge in [0.1, 0.15) is 46.0 Å². The zero-order chi connectivity index (χ0) is 41.9. The van der Waals surface area contributed by atoms with Gasteiger partial charge in [-0.05, 0) is 120 Å². The van der Waals surface area contributed by atoms with Crippen LogP contribution in [0.1, 0.15) is 11.1 Å². The fraction of sp³-hybridized carbons (Fsp3) is 0.0204. The third-order valence-corrected chi connectivity index (χ3v) is 14.3. The predicted octanol–water partition coefficient (Wildman–Crippen LogP) is 11.2. The van der Waals surface area contributed by atoms with Crippen LogP contribution < -0.4 is 30.4 Å². The summed E-state index contributed by atoms with van der Waals surface area (Å²) in [6.07, 6.45) is 0.218. The van der Waals surface area contributed by atoms with Crippen LogP contribution in [0, 0.1) is 0 Å². The molecule has 0 radical (unpaired) electrons. The smallest absolute Gasteiger partial charge is 0.207 e. The number of benzene rings is 8. The number of anilines is 2. The lowest BCUT2D eigenvalue weighted by Gasteiger charge is -2.20. The highest BCUT2D eigenvalue weighted by atomic mass is 32.2. The maximum Gasteiger partial charge on any atom is 0.207 e. The minimum Gasteiger partial charge on any atom is -0.456 e. The van der Waals surface area contributed by atoms with Crippen LogP contribution in [-0.4, -0.2) is 16.8 Å². The Morgan fingerprint density at radius 1 is 0.426 bits per heavy atom. The highest BCUT2D eigenvalue weighted by molar-refractivity contribution is 7.92. The predicted molar refractivity (Wildman–Crippen MR) is 232 cm³/mol. The van der Waals surface area contributed by atoms with Gasteiger partial charge in [-0.3, -0.25) is 0 Å². The van der Waals surface area contributed by atoms with E-state index in [1.165, 1.54) is 24.3 Å². The molecule has 4 bridgehead atoms. The second-order valence-electron chi connectivity index (χ2n) is 14.5. The second kappa shape index (κ2) is 14.6. The minimum absolute atomic E-state index is 0.0670. The molecule has 0 aliphatic carbocycles. The van der Waals surface area contributed by atoms with Crippen LogP contribution in [0.4, 0.5) is 11.4 Å². The fourth-order valence-electron chi connectivity index (χ4n) is 7.57. The van der Waals surface area contributed by atoms with Crippen molar-refractivity contribution in [1.82, 2.24) is 0 Å². The first-order valence-electron chi connectivity index (χ1n) is 19.2. The lowest BCUT2D eigenvalue weighted by molar-refractivity contribution is 0.474. The molecule has 8 aromatic carbocycles. The van der Waals surface area contributed by atoms with Gasteiger partial charge in [-0.1, -0.05) is 60.7 Å². The summed E-state index contributed by atoms with van der Waals surface area (Å²) >= 11 is 0. The summed E-state index contributed by atoms with van der Waals surface area (Å²) in [6.45, 7) is 0. The third-order valence-electron chi connectivity index (χ3n) is 10.6. The van der Waals surface area contributed by atoms with Crippen LogP contribution >= 0.6 is 0 Å². The lowest BCUT2D eigenvalue weighted by Crippen LogP contribution is -2.08. The van der Waals surface area contributed by atoms with Gasteiger partial charge in [0.05, 0.1) is 31.0 Å². The number of ether oxygens (including phenoxy) is 4. The number of hydrogen-bond donors (Lipinski definition) is 2. The molecule has 4 N–H and O–H groups in total. The fourth-order valence-corrected chi connectivity index (χ4v) is 10.5. The van der Waals surface area contributed by atoms with Crippen molar-refractivity contribution in [3.05, 3.63) is 181 Å². The molecule has 12 rings (SSSR count). The van der Waals surface area contributed by atoms with E-state index in [0.29, 0.717) is 90.8 Å². The van der Waals surface area contributed by atoms with Gasteiger partial charge >= 0.3 is 0 Å². The molecule has 61 heavy (non-hydrogen) atoms. The van der Waals surface area contributed by atoms with Crippen LogP contribution in [0.2, 0.25) is 0 Å². The quantitative estimate of drug-likeness (QED) is 0.127. The van der Waals surface area contributed by atoms with E-state index in [4.69, 9.17) is 30.4 Å². The molecule has 0 unspecified atom stereocenters. The van der Waals surface area contributed by atoms with Crippen molar-refractivity contribution < 1.29 is 35.8 Å². The van der Waals surface area contributed by atoms with Crippen LogP contribution in [0.25, 0.3) is 22.3 Å². The topological polar surface area (TPSA) is 157 Å².